The van der Waals surface area contributed by atoms with Gasteiger partial charge in [-0.05, 0) is 37.3 Å². The molecule has 1 heterocycles. The summed E-state index contributed by atoms with van der Waals surface area (Å²) in [6.07, 6.45) is 0.325. The van der Waals surface area contributed by atoms with Crippen molar-refractivity contribution in [1.82, 2.24) is 9.99 Å². The number of carbonyl (C=O) groups excluding carboxylic acids is 1. The number of benzene rings is 3. The predicted octanol–water partition coefficient (Wildman–Crippen LogP) is 4.74. The summed E-state index contributed by atoms with van der Waals surface area (Å²) in [4.78, 5) is 12.5. The number of rotatable bonds is 7. The molecule has 6 nitrogen and oxygen atoms in total. The van der Waals surface area contributed by atoms with Crippen LogP contribution in [0.5, 0.6) is 11.5 Å². The lowest BCUT2D eigenvalue weighted by Crippen LogP contribution is -2.20. The van der Waals surface area contributed by atoms with Crippen LogP contribution in [0.25, 0.3) is 21.8 Å². The minimum Gasteiger partial charge on any atom is -0.493 e. The zero-order valence-corrected chi connectivity index (χ0v) is 17.9. The molecule has 0 aliphatic heterocycles. The summed E-state index contributed by atoms with van der Waals surface area (Å²) in [5.41, 5.74) is 6.46. The number of ether oxygens (including phenoxy) is 2. The van der Waals surface area contributed by atoms with Crippen molar-refractivity contribution in [1.29, 1.82) is 0 Å². The highest BCUT2D eigenvalue weighted by Gasteiger charge is 2.11. The van der Waals surface area contributed by atoms with E-state index in [2.05, 4.69) is 39.4 Å². The van der Waals surface area contributed by atoms with E-state index >= 15 is 0 Å². The van der Waals surface area contributed by atoms with Gasteiger partial charge in [0.2, 0.25) is 5.91 Å². The van der Waals surface area contributed by atoms with Gasteiger partial charge >= 0.3 is 0 Å². The second-order valence-electron chi connectivity index (χ2n) is 7.24. The second-order valence-corrected chi connectivity index (χ2v) is 7.24. The Morgan fingerprint density at radius 3 is 2.13 bits per heavy atom. The number of hydrogen-bond donors (Lipinski definition) is 1. The van der Waals surface area contributed by atoms with Crippen LogP contribution in [0.2, 0.25) is 0 Å². The lowest BCUT2D eigenvalue weighted by Gasteiger charge is -2.10. The van der Waals surface area contributed by atoms with Crippen LogP contribution in [-0.4, -0.2) is 30.4 Å². The topological polar surface area (TPSA) is 64.8 Å². The maximum atomic E-state index is 12.5. The van der Waals surface area contributed by atoms with E-state index in [-0.39, 0.29) is 5.91 Å². The van der Waals surface area contributed by atoms with Crippen molar-refractivity contribution < 1.29 is 14.3 Å². The van der Waals surface area contributed by atoms with Crippen molar-refractivity contribution in [3.8, 4) is 11.5 Å². The Morgan fingerprint density at radius 2 is 1.52 bits per heavy atom. The lowest BCUT2D eigenvalue weighted by molar-refractivity contribution is -0.121. The molecule has 1 aromatic heterocycles. The quantitative estimate of drug-likeness (QED) is 0.350. The van der Waals surface area contributed by atoms with Gasteiger partial charge in [0.15, 0.2) is 11.5 Å². The Hall–Kier alpha value is -3.80. The SMILES string of the molecule is COc1ccc(/C(C)=N/NC(=O)CCn2c3ccccc3c3ccccc32)cc1OC. The first-order valence-electron chi connectivity index (χ1n) is 10.1. The van der Waals surface area contributed by atoms with Crippen molar-refractivity contribution in [2.75, 3.05) is 14.2 Å². The zero-order chi connectivity index (χ0) is 21.8. The fraction of sp³-hybridized carbons (Fsp3) is 0.200. The fourth-order valence-electron chi connectivity index (χ4n) is 3.79. The monoisotopic (exact) mass is 415 g/mol. The van der Waals surface area contributed by atoms with Gasteiger partial charge in [0.25, 0.3) is 0 Å². The number of aryl methyl sites for hydroxylation is 1. The van der Waals surface area contributed by atoms with Crippen molar-refractivity contribution in [2.45, 2.75) is 19.9 Å². The molecule has 0 atom stereocenters. The van der Waals surface area contributed by atoms with E-state index in [9.17, 15) is 4.79 Å². The fourth-order valence-corrected chi connectivity index (χ4v) is 3.79. The van der Waals surface area contributed by atoms with Crippen molar-refractivity contribution in [3.63, 3.8) is 0 Å². The lowest BCUT2D eigenvalue weighted by atomic mass is 10.1. The summed E-state index contributed by atoms with van der Waals surface area (Å²) in [6.45, 7) is 2.42. The molecule has 31 heavy (non-hydrogen) atoms. The average Bonchev–Trinajstić information content (AvgIpc) is 3.14. The molecule has 0 spiro atoms. The molecule has 6 heteroatoms. The summed E-state index contributed by atoms with van der Waals surface area (Å²) in [6, 6.07) is 22.1. The minimum atomic E-state index is -0.137. The Kier molecular flexibility index (Phi) is 5.89. The number of amides is 1. The molecular weight excluding hydrogens is 390 g/mol. The Labute approximate surface area is 181 Å². The van der Waals surface area contributed by atoms with E-state index in [1.807, 2.05) is 49.4 Å². The second kappa shape index (κ2) is 8.92. The number of nitrogens with one attached hydrogen (secondary N) is 1. The molecule has 0 radical (unpaired) electrons. The minimum absolute atomic E-state index is 0.137. The molecular formula is C25H25N3O3. The van der Waals surface area contributed by atoms with Gasteiger partial charge in [0, 0.05) is 40.3 Å². The van der Waals surface area contributed by atoms with Crippen LogP contribution in [0.3, 0.4) is 0 Å². The zero-order valence-electron chi connectivity index (χ0n) is 17.9. The predicted molar refractivity (Wildman–Crippen MR) is 124 cm³/mol. The molecule has 0 aliphatic rings. The summed E-state index contributed by atoms with van der Waals surface area (Å²) >= 11 is 0. The molecule has 0 bridgehead atoms. The number of hydrogen-bond acceptors (Lipinski definition) is 4. The molecule has 1 N–H and O–H groups in total. The van der Waals surface area contributed by atoms with Gasteiger partial charge < -0.3 is 14.0 Å². The molecule has 0 fully saturated rings. The highest BCUT2D eigenvalue weighted by molar-refractivity contribution is 6.08. The third-order valence-electron chi connectivity index (χ3n) is 5.39. The van der Waals surface area contributed by atoms with Gasteiger partial charge in [-0.15, -0.1) is 0 Å². The smallest absolute Gasteiger partial charge is 0.241 e. The molecule has 3 aromatic carbocycles. The number of carbonyl (C=O) groups is 1. The number of para-hydroxylation sites is 2. The van der Waals surface area contributed by atoms with Gasteiger partial charge in [-0.2, -0.15) is 5.10 Å². The van der Waals surface area contributed by atoms with Crippen LogP contribution in [0.4, 0.5) is 0 Å². The largest absolute Gasteiger partial charge is 0.493 e. The maximum Gasteiger partial charge on any atom is 0.241 e. The number of hydrazone groups is 1. The summed E-state index contributed by atoms with van der Waals surface area (Å²) < 4.78 is 12.8. The molecule has 0 unspecified atom stereocenters. The van der Waals surface area contributed by atoms with E-state index in [4.69, 9.17) is 9.47 Å². The first kappa shape index (κ1) is 20.5. The van der Waals surface area contributed by atoms with Gasteiger partial charge in [0.1, 0.15) is 0 Å². The molecule has 4 rings (SSSR count). The van der Waals surface area contributed by atoms with E-state index in [1.54, 1.807) is 14.2 Å². The Bertz CT molecular complexity index is 1220. The molecule has 0 saturated heterocycles. The average molecular weight is 415 g/mol. The number of fused-ring (bicyclic) bond motifs is 3. The van der Waals surface area contributed by atoms with Crippen LogP contribution >= 0.6 is 0 Å². The van der Waals surface area contributed by atoms with Crippen LogP contribution in [-0.2, 0) is 11.3 Å². The summed E-state index contributed by atoms with van der Waals surface area (Å²) in [7, 11) is 3.18. The Morgan fingerprint density at radius 1 is 0.903 bits per heavy atom. The van der Waals surface area contributed by atoms with Crippen LogP contribution < -0.4 is 14.9 Å². The number of aromatic nitrogens is 1. The normalized spacial score (nSPS) is 11.6. The van der Waals surface area contributed by atoms with Gasteiger partial charge in [-0.3, -0.25) is 4.79 Å². The van der Waals surface area contributed by atoms with Crippen molar-refractivity contribution in [2.24, 2.45) is 5.10 Å². The maximum absolute atomic E-state index is 12.5. The van der Waals surface area contributed by atoms with Crippen LogP contribution in [0.15, 0.2) is 71.8 Å². The van der Waals surface area contributed by atoms with Crippen molar-refractivity contribution >= 4 is 33.4 Å². The molecule has 4 aromatic rings. The standard InChI is InChI=1S/C25H25N3O3/c1-17(18-12-13-23(30-2)24(16-18)31-3)26-27-25(29)14-15-28-21-10-6-4-8-19(21)20-9-5-7-11-22(20)28/h4-13,16H,14-15H2,1-3H3,(H,27,29)/b26-17+. The van der Waals surface area contributed by atoms with E-state index in [0.29, 0.717) is 30.2 Å². The van der Waals surface area contributed by atoms with Crippen LogP contribution in [0.1, 0.15) is 18.9 Å². The highest BCUT2D eigenvalue weighted by Crippen LogP contribution is 2.29. The molecule has 0 saturated carbocycles. The van der Waals surface area contributed by atoms with Crippen molar-refractivity contribution in [3.05, 3.63) is 72.3 Å². The Balaban J connectivity index is 1.47. The highest BCUT2D eigenvalue weighted by atomic mass is 16.5. The van der Waals surface area contributed by atoms with Gasteiger partial charge in [0.05, 0.1) is 19.9 Å². The van der Waals surface area contributed by atoms with Gasteiger partial charge in [-0.25, -0.2) is 5.43 Å². The van der Waals surface area contributed by atoms with Crippen LogP contribution in [0, 0.1) is 0 Å². The first-order chi connectivity index (χ1) is 15.1. The van der Waals surface area contributed by atoms with E-state index in [0.717, 1.165) is 16.6 Å². The van der Waals surface area contributed by atoms with E-state index < -0.39 is 0 Å². The third-order valence-corrected chi connectivity index (χ3v) is 5.39. The van der Waals surface area contributed by atoms with Gasteiger partial charge in [-0.1, -0.05) is 36.4 Å². The first-order valence-corrected chi connectivity index (χ1v) is 10.1. The summed E-state index contributed by atoms with van der Waals surface area (Å²) in [5.74, 6) is 1.13. The summed E-state index contributed by atoms with van der Waals surface area (Å²) in [5, 5.41) is 6.65. The van der Waals surface area contributed by atoms with E-state index in [1.165, 1.54) is 10.8 Å². The number of methoxy groups -OCH3 is 2. The molecule has 0 aliphatic carbocycles. The third kappa shape index (κ3) is 4.10. The molecule has 1 amide bonds. The number of nitrogens with zero attached hydrogens (tertiary/aromatic N) is 2. The molecule has 158 valence electrons.